The Morgan fingerprint density at radius 3 is 2.43 bits per heavy atom. The van der Waals surface area contributed by atoms with Crippen molar-refractivity contribution in [1.29, 1.82) is 0 Å². The summed E-state index contributed by atoms with van der Waals surface area (Å²) in [6.45, 7) is 3.01. The first-order valence-corrected chi connectivity index (χ1v) is 7.45. The van der Waals surface area contributed by atoms with Gasteiger partial charge < -0.3 is 16.0 Å². The molecule has 116 valence electrons. The van der Waals surface area contributed by atoms with E-state index < -0.39 is 0 Å². The molecular weight excluding hydrogens is 358 g/mol. The number of amides is 2. The third kappa shape index (κ3) is 6.03. The lowest BCUT2D eigenvalue weighted by atomic mass is 10.0. The van der Waals surface area contributed by atoms with Crippen molar-refractivity contribution in [1.82, 2.24) is 16.0 Å². The van der Waals surface area contributed by atoms with E-state index in [1.54, 1.807) is 12.1 Å². The van der Waals surface area contributed by atoms with Crippen molar-refractivity contribution >= 4 is 40.2 Å². The maximum absolute atomic E-state index is 11.8. The molecule has 2 amide bonds. The number of halogens is 2. The fraction of sp³-hybridized carbons (Fsp3) is 0.429. The molecule has 0 saturated carbocycles. The largest absolute Gasteiger partial charge is 0.356 e. The molecule has 0 unspecified atom stereocenters. The normalized spacial score (nSPS) is 13.8. The summed E-state index contributed by atoms with van der Waals surface area (Å²) in [6, 6.07) is 7.11. The molecule has 2 rings (SSSR count). The number of benzene rings is 1. The van der Waals surface area contributed by atoms with Gasteiger partial charge in [-0.2, -0.15) is 0 Å². The monoisotopic (exact) mass is 375 g/mol. The highest BCUT2D eigenvalue weighted by molar-refractivity contribution is 9.10. The molecule has 1 fully saturated rings. The molecule has 0 radical (unpaired) electrons. The van der Waals surface area contributed by atoms with Gasteiger partial charge in [0.05, 0.1) is 0 Å². The quantitative estimate of drug-likeness (QED) is 0.701. The van der Waals surface area contributed by atoms with Gasteiger partial charge in [0.1, 0.15) is 0 Å². The smallest absolute Gasteiger partial charge is 0.251 e. The summed E-state index contributed by atoms with van der Waals surface area (Å²) in [4.78, 5) is 23.4. The van der Waals surface area contributed by atoms with Crippen molar-refractivity contribution in [2.24, 2.45) is 5.92 Å². The highest BCUT2D eigenvalue weighted by Crippen LogP contribution is 2.10. The second-order valence-corrected chi connectivity index (χ2v) is 5.76. The fourth-order valence-electron chi connectivity index (χ4n) is 1.83. The van der Waals surface area contributed by atoms with Crippen LogP contribution >= 0.6 is 28.3 Å². The third-order valence-electron chi connectivity index (χ3n) is 3.20. The SMILES string of the molecule is Cl.O=C(CCNC(=O)c1ccc(Br)cc1)NCC1CNC1. The van der Waals surface area contributed by atoms with Crippen molar-refractivity contribution in [3.05, 3.63) is 34.3 Å². The van der Waals surface area contributed by atoms with Crippen LogP contribution in [-0.2, 0) is 4.79 Å². The molecule has 1 saturated heterocycles. The van der Waals surface area contributed by atoms with Crippen LogP contribution < -0.4 is 16.0 Å². The lowest BCUT2D eigenvalue weighted by Crippen LogP contribution is -2.48. The van der Waals surface area contributed by atoms with E-state index in [4.69, 9.17) is 0 Å². The molecule has 0 aliphatic carbocycles. The lowest BCUT2D eigenvalue weighted by molar-refractivity contribution is -0.121. The predicted octanol–water partition coefficient (Wildman–Crippen LogP) is 1.33. The fourth-order valence-corrected chi connectivity index (χ4v) is 2.10. The molecule has 1 aliphatic rings. The molecule has 0 aromatic heterocycles. The number of nitrogens with one attached hydrogen (secondary N) is 3. The zero-order valence-corrected chi connectivity index (χ0v) is 13.9. The summed E-state index contributed by atoms with van der Waals surface area (Å²) in [6.07, 6.45) is 0.308. The number of carbonyl (C=O) groups is 2. The van der Waals surface area contributed by atoms with Crippen molar-refractivity contribution in [2.75, 3.05) is 26.2 Å². The van der Waals surface area contributed by atoms with Gasteiger partial charge in [0.2, 0.25) is 5.91 Å². The van der Waals surface area contributed by atoms with E-state index in [0.717, 1.165) is 17.6 Å². The molecular formula is C14H19BrClN3O2. The Morgan fingerprint density at radius 1 is 1.19 bits per heavy atom. The van der Waals surface area contributed by atoms with Crippen LogP contribution in [0.2, 0.25) is 0 Å². The van der Waals surface area contributed by atoms with Gasteiger partial charge in [-0.15, -0.1) is 12.4 Å². The second kappa shape index (κ2) is 9.02. The van der Waals surface area contributed by atoms with Crippen molar-refractivity contribution in [3.63, 3.8) is 0 Å². The van der Waals surface area contributed by atoms with Gasteiger partial charge in [-0.1, -0.05) is 15.9 Å². The molecule has 1 aromatic carbocycles. The first kappa shape index (κ1) is 17.9. The van der Waals surface area contributed by atoms with Crippen LogP contribution in [0.15, 0.2) is 28.7 Å². The summed E-state index contributed by atoms with van der Waals surface area (Å²) in [5.74, 6) is 0.373. The van der Waals surface area contributed by atoms with Crippen LogP contribution in [-0.4, -0.2) is 38.0 Å². The Kier molecular flexibility index (Phi) is 7.71. The number of hydrogen-bond donors (Lipinski definition) is 3. The zero-order valence-electron chi connectivity index (χ0n) is 11.5. The molecule has 0 bridgehead atoms. The van der Waals surface area contributed by atoms with Crippen LogP contribution in [0.5, 0.6) is 0 Å². The van der Waals surface area contributed by atoms with Gasteiger partial charge in [0.25, 0.3) is 5.91 Å². The number of rotatable bonds is 6. The number of carbonyl (C=O) groups excluding carboxylic acids is 2. The van der Waals surface area contributed by atoms with Crippen LogP contribution in [0.4, 0.5) is 0 Å². The minimum absolute atomic E-state index is 0. The van der Waals surface area contributed by atoms with E-state index >= 15 is 0 Å². The number of hydrogen-bond acceptors (Lipinski definition) is 3. The van der Waals surface area contributed by atoms with Crippen LogP contribution in [0.25, 0.3) is 0 Å². The topological polar surface area (TPSA) is 70.2 Å². The Balaban J connectivity index is 0.00000220. The molecule has 1 aliphatic heterocycles. The van der Waals surface area contributed by atoms with Crippen molar-refractivity contribution in [3.8, 4) is 0 Å². The van der Waals surface area contributed by atoms with Gasteiger partial charge in [0.15, 0.2) is 0 Å². The molecule has 7 heteroatoms. The summed E-state index contributed by atoms with van der Waals surface area (Å²) in [7, 11) is 0. The Morgan fingerprint density at radius 2 is 1.86 bits per heavy atom. The predicted molar refractivity (Wildman–Crippen MR) is 87.7 cm³/mol. The maximum Gasteiger partial charge on any atom is 0.251 e. The van der Waals surface area contributed by atoms with Crippen molar-refractivity contribution < 1.29 is 9.59 Å². The van der Waals surface area contributed by atoms with Gasteiger partial charge in [-0.05, 0) is 24.3 Å². The Hall–Kier alpha value is -1.11. The van der Waals surface area contributed by atoms with Crippen LogP contribution in [0.1, 0.15) is 16.8 Å². The van der Waals surface area contributed by atoms with Crippen LogP contribution in [0, 0.1) is 5.92 Å². The Labute approximate surface area is 138 Å². The first-order valence-electron chi connectivity index (χ1n) is 6.66. The van der Waals surface area contributed by atoms with E-state index in [0.29, 0.717) is 31.0 Å². The second-order valence-electron chi connectivity index (χ2n) is 4.84. The highest BCUT2D eigenvalue weighted by Gasteiger charge is 2.16. The highest BCUT2D eigenvalue weighted by atomic mass is 79.9. The van der Waals surface area contributed by atoms with Gasteiger partial charge in [-0.3, -0.25) is 9.59 Å². The molecule has 5 nitrogen and oxygen atoms in total. The minimum atomic E-state index is -0.159. The maximum atomic E-state index is 11.8. The minimum Gasteiger partial charge on any atom is -0.356 e. The van der Waals surface area contributed by atoms with E-state index in [2.05, 4.69) is 31.9 Å². The lowest BCUT2D eigenvalue weighted by Gasteiger charge is -2.27. The Bertz CT molecular complexity index is 478. The van der Waals surface area contributed by atoms with E-state index in [9.17, 15) is 9.59 Å². The van der Waals surface area contributed by atoms with E-state index in [-0.39, 0.29) is 24.2 Å². The molecule has 3 N–H and O–H groups in total. The van der Waals surface area contributed by atoms with Gasteiger partial charge >= 0.3 is 0 Å². The molecule has 1 heterocycles. The van der Waals surface area contributed by atoms with E-state index in [1.807, 2.05) is 12.1 Å². The summed E-state index contributed by atoms with van der Waals surface area (Å²) in [5, 5.41) is 8.76. The summed E-state index contributed by atoms with van der Waals surface area (Å²) in [5.41, 5.74) is 0.592. The summed E-state index contributed by atoms with van der Waals surface area (Å²) >= 11 is 3.32. The molecule has 0 spiro atoms. The average molecular weight is 377 g/mol. The standard InChI is InChI=1S/C14H18BrN3O2.ClH/c15-12-3-1-11(2-4-12)14(20)17-6-5-13(19)18-9-10-7-16-8-10;/h1-4,10,16H,5-9H2,(H,17,20)(H,18,19);1H. The van der Waals surface area contributed by atoms with Crippen LogP contribution in [0.3, 0.4) is 0 Å². The average Bonchev–Trinajstić information content (AvgIpc) is 2.37. The van der Waals surface area contributed by atoms with Gasteiger partial charge in [0, 0.05) is 48.6 Å². The summed E-state index contributed by atoms with van der Waals surface area (Å²) < 4.78 is 0.930. The zero-order chi connectivity index (χ0) is 14.4. The third-order valence-corrected chi connectivity index (χ3v) is 3.73. The van der Waals surface area contributed by atoms with Gasteiger partial charge in [-0.25, -0.2) is 0 Å². The molecule has 1 aromatic rings. The van der Waals surface area contributed by atoms with E-state index in [1.165, 1.54) is 0 Å². The first-order chi connectivity index (χ1) is 9.65. The van der Waals surface area contributed by atoms with Crippen molar-refractivity contribution in [2.45, 2.75) is 6.42 Å². The molecule has 0 atom stereocenters. The molecule has 21 heavy (non-hydrogen) atoms.